The highest BCUT2D eigenvalue weighted by molar-refractivity contribution is 6.26. The maximum absolute atomic E-state index is 12.5. The van der Waals surface area contributed by atoms with Crippen molar-refractivity contribution < 1.29 is 14.3 Å². The number of hydrogen-bond acceptors (Lipinski definition) is 3. The van der Waals surface area contributed by atoms with E-state index in [-0.39, 0.29) is 5.78 Å². The first-order chi connectivity index (χ1) is 11.6. The number of allylic oxidation sites excluding steroid dienone is 3. The lowest BCUT2D eigenvalue weighted by molar-refractivity contribution is -0.112. The fourth-order valence-corrected chi connectivity index (χ4v) is 2.96. The van der Waals surface area contributed by atoms with Gasteiger partial charge in [-0.2, -0.15) is 0 Å². The molecule has 3 heteroatoms. The molecule has 0 atom stereocenters. The van der Waals surface area contributed by atoms with Crippen LogP contribution in [0, 0.1) is 0 Å². The van der Waals surface area contributed by atoms with Crippen molar-refractivity contribution in [3.8, 4) is 11.5 Å². The van der Waals surface area contributed by atoms with Crippen LogP contribution in [0.15, 0.2) is 59.7 Å². The summed E-state index contributed by atoms with van der Waals surface area (Å²) in [6, 6.07) is 15.5. The Bertz CT molecular complexity index is 809. The maximum atomic E-state index is 12.5. The van der Waals surface area contributed by atoms with Gasteiger partial charge in [0, 0.05) is 12.0 Å². The summed E-state index contributed by atoms with van der Waals surface area (Å²) in [5.74, 6) is 1.78. The first-order valence-corrected chi connectivity index (χ1v) is 7.86. The van der Waals surface area contributed by atoms with E-state index in [1.54, 1.807) is 14.2 Å². The van der Waals surface area contributed by atoms with Crippen LogP contribution in [-0.4, -0.2) is 20.0 Å². The summed E-state index contributed by atoms with van der Waals surface area (Å²) >= 11 is 0. The predicted molar refractivity (Wildman–Crippen MR) is 96.2 cm³/mol. The van der Waals surface area contributed by atoms with Crippen LogP contribution in [-0.2, 0) is 4.79 Å². The molecule has 1 aliphatic carbocycles. The Labute approximate surface area is 142 Å². The number of hydrogen-bond donors (Lipinski definition) is 0. The van der Waals surface area contributed by atoms with Gasteiger partial charge in [0.05, 0.1) is 14.2 Å². The molecule has 0 bridgehead atoms. The molecule has 0 spiro atoms. The van der Waals surface area contributed by atoms with E-state index in [2.05, 4.69) is 6.08 Å². The molecule has 0 heterocycles. The van der Waals surface area contributed by atoms with E-state index in [1.165, 1.54) is 0 Å². The van der Waals surface area contributed by atoms with Gasteiger partial charge in [0.15, 0.2) is 5.78 Å². The zero-order valence-electron chi connectivity index (χ0n) is 14.1. The molecule has 0 fully saturated rings. The molecule has 2 aromatic carbocycles. The largest absolute Gasteiger partial charge is 0.497 e. The van der Waals surface area contributed by atoms with E-state index in [1.807, 2.05) is 55.5 Å². The minimum atomic E-state index is 0.164. The van der Waals surface area contributed by atoms with Crippen LogP contribution in [0.1, 0.15) is 24.5 Å². The van der Waals surface area contributed by atoms with Crippen LogP contribution >= 0.6 is 0 Å². The van der Waals surface area contributed by atoms with Gasteiger partial charge < -0.3 is 9.47 Å². The van der Waals surface area contributed by atoms with E-state index >= 15 is 0 Å². The van der Waals surface area contributed by atoms with Crippen LogP contribution in [0.2, 0.25) is 0 Å². The van der Waals surface area contributed by atoms with Gasteiger partial charge in [-0.05, 0) is 53.5 Å². The topological polar surface area (TPSA) is 35.5 Å². The van der Waals surface area contributed by atoms with Crippen molar-refractivity contribution in [2.75, 3.05) is 14.2 Å². The minimum Gasteiger partial charge on any atom is -0.497 e. The summed E-state index contributed by atoms with van der Waals surface area (Å²) in [6.45, 7) is 2.01. The molecule has 24 heavy (non-hydrogen) atoms. The van der Waals surface area contributed by atoms with Gasteiger partial charge in [-0.3, -0.25) is 4.79 Å². The fraction of sp³-hybridized carbons (Fsp3) is 0.190. The number of ketones is 1. The fourth-order valence-electron chi connectivity index (χ4n) is 2.96. The number of Topliss-reactive ketones (excluding diaryl/α,β-unsaturated/α-hetero) is 1. The molecule has 0 amide bonds. The van der Waals surface area contributed by atoms with Gasteiger partial charge >= 0.3 is 0 Å². The Morgan fingerprint density at radius 2 is 1.42 bits per heavy atom. The Hall–Kier alpha value is -2.81. The van der Waals surface area contributed by atoms with E-state index < -0.39 is 0 Å². The monoisotopic (exact) mass is 320 g/mol. The van der Waals surface area contributed by atoms with Crippen molar-refractivity contribution in [3.63, 3.8) is 0 Å². The molecule has 1 aliphatic rings. The number of rotatable bonds is 4. The average Bonchev–Trinajstić information content (AvgIpc) is 2.89. The summed E-state index contributed by atoms with van der Waals surface area (Å²) in [5, 5.41) is 0. The second-order valence-electron chi connectivity index (χ2n) is 5.77. The van der Waals surface area contributed by atoms with E-state index in [0.29, 0.717) is 6.42 Å². The zero-order chi connectivity index (χ0) is 17.1. The SMILES string of the molecule is COc1ccc(/C=C2\CC(=O)C(c3ccc(OC)cc3)=C2C)cc1. The van der Waals surface area contributed by atoms with Crippen molar-refractivity contribution in [3.05, 3.63) is 70.8 Å². The van der Waals surface area contributed by atoms with Gasteiger partial charge in [-0.1, -0.05) is 30.3 Å². The van der Waals surface area contributed by atoms with Gasteiger partial charge in [0.2, 0.25) is 0 Å². The van der Waals surface area contributed by atoms with E-state index in [0.717, 1.165) is 39.3 Å². The lowest BCUT2D eigenvalue weighted by atomic mass is 10.0. The molecule has 0 N–H and O–H groups in total. The molecule has 2 aromatic rings. The van der Waals surface area contributed by atoms with Crippen LogP contribution in [0.5, 0.6) is 11.5 Å². The normalized spacial score (nSPS) is 16.0. The molecule has 0 saturated heterocycles. The van der Waals surface area contributed by atoms with Gasteiger partial charge in [0.1, 0.15) is 11.5 Å². The van der Waals surface area contributed by atoms with Gasteiger partial charge in [0.25, 0.3) is 0 Å². The van der Waals surface area contributed by atoms with Crippen LogP contribution in [0.25, 0.3) is 11.6 Å². The standard InChI is InChI=1S/C21H20O3/c1-14-17(12-15-4-8-18(23-2)9-5-15)13-20(22)21(14)16-6-10-19(24-3)11-7-16/h4-12H,13H2,1-3H3/b17-12+. The summed E-state index contributed by atoms with van der Waals surface area (Å²) in [6.07, 6.45) is 2.52. The lowest BCUT2D eigenvalue weighted by Crippen LogP contribution is -1.95. The van der Waals surface area contributed by atoms with E-state index in [9.17, 15) is 4.79 Å². The first kappa shape index (κ1) is 16.1. The van der Waals surface area contributed by atoms with Crippen LogP contribution in [0.3, 0.4) is 0 Å². The molecular formula is C21H20O3. The smallest absolute Gasteiger partial charge is 0.168 e. The third-order valence-electron chi connectivity index (χ3n) is 4.32. The Morgan fingerprint density at radius 3 is 1.96 bits per heavy atom. The number of ether oxygens (including phenoxy) is 2. The number of carbonyl (C=O) groups excluding carboxylic acids is 1. The predicted octanol–water partition coefficient (Wildman–Crippen LogP) is 4.53. The highest BCUT2D eigenvalue weighted by Crippen LogP contribution is 2.36. The second kappa shape index (κ2) is 6.75. The van der Waals surface area contributed by atoms with Crippen molar-refractivity contribution in [1.29, 1.82) is 0 Å². The number of carbonyl (C=O) groups is 1. The number of methoxy groups -OCH3 is 2. The summed E-state index contributed by atoms with van der Waals surface area (Å²) in [5.41, 5.74) is 4.92. The van der Waals surface area contributed by atoms with Gasteiger partial charge in [-0.15, -0.1) is 0 Å². The third kappa shape index (κ3) is 3.11. The average molecular weight is 320 g/mol. The molecule has 0 radical (unpaired) electrons. The molecule has 0 unspecified atom stereocenters. The summed E-state index contributed by atoms with van der Waals surface area (Å²) in [4.78, 5) is 12.5. The molecule has 0 saturated carbocycles. The Kier molecular flexibility index (Phi) is 4.52. The minimum absolute atomic E-state index is 0.164. The second-order valence-corrected chi connectivity index (χ2v) is 5.77. The molecule has 0 aliphatic heterocycles. The van der Waals surface area contributed by atoms with Gasteiger partial charge in [-0.25, -0.2) is 0 Å². The molecule has 3 nitrogen and oxygen atoms in total. The molecular weight excluding hydrogens is 300 g/mol. The van der Waals surface area contributed by atoms with Crippen molar-refractivity contribution in [2.45, 2.75) is 13.3 Å². The first-order valence-electron chi connectivity index (χ1n) is 7.86. The highest BCUT2D eigenvalue weighted by atomic mass is 16.5. The lowest BCUT2D eigenvalue weighted by Gasteiger charge is -2.05. The van der Waals surface area contributed by atoms with Crippen molar-refractivity contribution in [2.24, 2.45) is 0 Å². The molecule has 3 rings (SSSR count). The Balaban J connectivity index is 1.94. The molecule has 122 valence electrons. The maximum Gasteiger partial charge on any atom is 0.168 e. The van der Waals surface area contributed by atoms with Crippen molar-refractivity contribution in [1.82, 2.24) is 0 Å². The summed E-state index contributed by atoms with van der Waals surface area (Å²) < 4.78 is 10.4. The Morgan fingerprint density at radius 1 is 0.875 bits per heavy atom. The summed E-state index contributed by atoms with van der Waals surface area (Å²) in [7, 11) is 3.28. The van der Waals surface area contributed by atoms with Crippen LogP contribution in [0.4, 0.5) is 0 Å². The van der Waals surface area contributed by atoms with Crippen LogP contribution < -0.4 is 9.47 Å². The quantitative estimate of drug-likeness (QED) is 0.830. The zero-order valence-corrected chi connectivity index (χ0v) is 14.1. The van der Waals surface area contributed by atoms with Crippen molar-refractivity contribution >= 4 is 17.4 Å². The highest BCUT2D eigenvalue weighted by Gasteiger charge is 2.25. The number of benzene rings is 2. The van der Waals surface area contributed by atoms with E-state index in [4.69, 9.17) is 9.47 Å². The molecule has 0 aromatic heterocycles. The third-order valence-corrected chi connectivity index (χ3v) is 4.32.